The molecular weight excluding hydrogens is 287 g/mol. The van der Waals surface area contributed by atoms with Crippen LogP contribution in [0.25, 0.3) is 0 Å². The Bertz CT molecular complexity index is 574. The minimum atomic E-state index is -1.21. The van der Waals surface area contributed by atoms with Gasteiger partial charge in [-0.1, -0.05) is 53.5 Å². The molecule has 2 rings (SSSR count). The van der Waals surface area contributed by atoms with Gasteiger partial charge in [0.1, 0.15) is 6.61 Å². The monoisotopic (exact) mass is 295 g/mol. The van der Waals surface area contributed by atoms with Crippen molar-refractivity contribution in [3.8, 4) is 5.75 Å². The van der Waals surface area contributed by atoms with Crippen LogP contribution in [0, 0.1) is 0 Å². The van der Waals surface area contributed by atoms with Crippen LogP contribution in [0.15, 0.2) is 42.5 Å². The van der Waals surface area contributed by atoms with Crippen molar-refractivity contribution >= 4 is 29.2 Å². The number of hydrogen-bond donors (Lipinski definition) is 0. The number of halogens is 2. The van der Waals surface area contributed by atoms with Gasteiger partial charge in [-0.3, -0.25) is 0 Å². The lowest BCUT2D eigenvalue weighted by molar-refractivity contribution is -0.255. The average Bonchev–Trinajstić information content (AvgIpc) is 2.38. The molecule has 0 aliphatic rings. The van der Waals surface area contributed by atoms with Crippen molar-refractivity contribution in [2.45, 2.75) is 6.61 Å². The summed E-state index contributed by atoms with van der Waals surface area (Å²) in [5, 5.41) is 11.5. The summed E-state index contributed by atoms with van der Waals surface area (Å²) in [7, 11) is 0. The Morgan fingerprint density at radius 2 is 1.63 bits per heavy atom. The molecule has 0 radical (unpaired) electrons. The van der Waals surface area contributed by atoms with Gasteiger partial charge >= 0.3 is 0 Å². The third-order valence-corrected chi connectivity index (χ3v) is 3.09. The standard InChI is InChI=1S/C14H10Cl2O3/c15-11-2-1-3-12(16)13(11)19-8-9-4-6-10(7-5-9)14(17)18/h1-7H,8H2,(H,17,18)/p-1. The highest BCUT2D eigenvalue weighted by molar-refractivity contribution is 6.37. The Labute approximate surface area is 120 Å². The van der Waals surface area contributed by atoms with Crippen LogP contribution in [0.5, 0.6) is 5.75 Å². The van der Waals surface area contributed by atoms with Crippen molar-refractivity contribution in [1.82, 2.24) is 0 Å². The van der Waals surface area contributed by atoms with E-state index in [1.165, 1.54) is 12.1 Å². The largest absolute Gasteiger partial charge is 0.545 e. The molecule has 2 aromatic carbocycles. The summed E-state index contributed by atoms with van der Waals surface area (Å²) in [6.07, 6.45) is 0. The molecule has 0 aliphatic heterocycles. The Morgan fingerprint density at radius 3 is 2.16 bits per heavy atom. The number of carbonyl (C=O) groups is 1. The number of para-hydroxylation sites is 1. The van der Waals surface area contributed by atoms with Crippen LogP contribution in [-0.2, 0) is 6.61 Å². The second kappa shape index (κ2) is 5.95. The van der Waals surface area contributed by atoms with Crippen LogP contribution in [0.2, 0.25) is 10.0 Å². The van der Waals surface area contributed by atoms with E-state index >= 15 is 0 Å². The molecule has 5 heteroatoms. The van der Waals surface area contributed by atoms with Gasteiger partial charge in [-0.2, -0.15) is 0 Å². The maximum atomic E-state index is 10.6. The maximum Gasteiger partial charge on any atom is 0.156 e. The molecule has 0 unspecified atom stereocenters. The van der Waals surface area contributed by atoms with E-state index in [4.69, 9.17) is 27.9 Å². The number of carboxylic acid groups (broad SMARTS) is 1. The summed E-state index contributed by atoms with van der Waals surface area (Å²) in [5.41, 5.74) is 0.931. The molecule has 0 atom stereocenters. The summed E-state index contributed by atoms with van der Waals surface area (Å²) in [5.74, 6) is -0.795. The zero-order valence-corrected chi connectivity index (χ0v) is 11.2. The molecule has 0 saturated heterocycles. The Morgan fingerprint density at radius 1 is 1.05 bits per heavy atom. The van der Waals surface area contributed by atoms with E-state index in [0.717, 1.165) is 5.56 Å². The van der Waals surface area contributed by atoms with E-state index < -0.39 is 5.97 Å². The third-order valence-electron chi connectivity index (χ3n) is 2.49. The zero-order chi connectivity index (χ0) is 13.8. The van der Waals surface area contributed by atoms with E-state index in [-0.39, 0.29) is 12.2 Å². The molecule has 0 bridgehead atoms. The van der Waals surface area contributed by atoms with Crippen molar-refractivity contribution in [3.63, 3.8) is 0 Å². The lowest BCUT2D eigenvalue weighted by Crippen LogP contribution is -2.22. The number of benzene rings is 2. The summed E-state index contributed by atoms with van der Waals surface area (Å²) >= 11 is 11.9. The Hall–Kier alpha value is -1.71. The minimum Gasteiger partial charge on any atom is -0.545 e. The summed E-state index contributed by atoms with van der Waals surface area (Å²) < 4.78 is 5.53. The first-order chi connectivity index (χ1) is 9.08. The summed E-state index contributed by atoms with van der Waals surface area (Å²) in [6.45, 7) is 0.247. The number of rotatable bonds is 4. The van der Waals surface area contributed by atoms with Gasteiger partial charge in [-0.15, -0.1) is 0 Å². The van der Waals surface area contributed by atoms with E-state index in [1.807, 2.05) is 0 Å². The molecule has 0 N–H and O–H groups in total. The number of hydrogen-bond acceptors (Lipinski definition) is 3. The molecule has 3 nitrogen and oxygen atoms in total. The molecule has 0 aliphatic carbocycles. The first kappa shape index (κ1) is 13.7. The fourth-order valence-corrected chi connectivity index (χ4v) is 2.02. The molecular formula is C14H9Cl2O3-. The van der Waals surface area contributed by atoms with Gasteiger partial charge < -0.3 is 14.6 Å². The van der Waals surface area contributed by atoms with Gasteiger partial charge in [0, 0.05) is 0 Å². The molecule has 2 aromatic rings. The molecule has 0 saturated carbocycles. The van der Waals surface area contributed by atoms with Crippen molar-refractivity contribution in [3.05, 3.63) is 63.6 Å². The predicted molar refractivity (Wildman–Crippen MR) is 71.6 cm³/mol. The number of carbonyl (C=O) groups excluding carboxylic acids is 1. The molecule has 0 aromatic heterocycles. The minimum absolute atomic E-state index is 0.125. The number of ether oxygens (including phenoxy) is 1. The highest BCUT2D eigenvalue weighted by atomic mass is 35.5. The van der Waals surface area contributed by atoms with Crippen molar-refractivity contribution < 1.29 is 14.6 Å². The van der Waals surface area contributed by atoms with Crippen molar-refractivity contribution in [2.24, 2.45) is 0 Å². The van der Waals surface area contributed by atoms with Crippen LogP contribution in [0.4, 0.5) is 0 Å². The molecule has 0 fully saturated rings. The normalized spacial score (nSPS) is 10.2. The quantitative estimate of drug-likeness (QED) is 0.871. The van der Waals surface area contributed by atoms with Crippen molar-refractivity contribution in [1.29, 1.82) is 0 Å². The van der Waals surface area contributed by atoms with Gasteiger partial charge in [-0.05, 0) is 23.3 Å². The van der Waals surface area contributed by atoms with Crippen LogP contribution < -0.4 is 9.84 Å². The van der Waals surface area contributed by atoms with Crippen LogP contribution in [-0.4, -0.2) is 5.97 Å². The highest BCUT2D eigenvalue weighted by Gasteiger charge is 2.06. The molecule has 0 spiro atoms. The Kier molecular flexibility index (Phi) is 4.30. The van der Waals surface area contributed by atoms with Gasteiger partial charge in [-0.25, -0.2) is 0 Å². The zero-order valence-electron chi connectivity index (χ0n) is 9.73. The Balaban J connectivity index is 2.08. The number of aromatic carboxylic acids is 1. The summed E-state index contributed by atoms with van der Waals surface area (Å²) in [6, 6.07) is 11.3. The average molecular weight is 296 g/mol. The molecule has 19 heavy (non-hydrogen) atoms. The summed E-state index contributed by atoms with van der Waals surface area (Å²) in [4.78, 5) is 10.6. The van der Waals surface area contributed by atoms with Crippen molar-refractivity contribution in [2.75, 3.05) is 0 Å². The van der Waals surface area contributed by atoms with E-state index in [0.29, 0.717) is 15.8 Å². The van der Waals surface area contributed by atoms with Crippen LogP contribution in [0.3, 0.4) is 0 Å². The third kappa shape index (κ3) is 3.40. The second-order valence-electron chi connectivity index (χ2n) is 3.82. The molecule has 98 valence electrons. The predicted octanol–water partition coefficient (Wildman–Crippen LogP) is 2.94. The first-order valence-corrected chi connectivity index (χ1v) is 6.20. The van der Waals surface area contributed by atoms with Gasteiger partial charge in [0.25, 0.3) is 0 Å². The smallest absolute Gasteiger partial charge is 0.156 e. The van der Waals surface area contributed by atoms with Crippen LogP contribution in [0.1, 0.15) is 15.9 Å². The van der Waals surface area contributed by atoms with Gasteiger partial charge in [0.2, 0.25) is 0 Å². The van der Waals surface area contributed by atoms with E-state index in [1.54, 1.807) is 30.3 Å². The number of carboxylic acids is 1. The SMILES string of the molecule is O=C([O-])c1ccc(COc2c(Cl)cccc2Cl)cc1. The second-order valence-corrected chi connectivity index (χ2v) is 4.64. The maximum absolute atomic E-state index is 10.6. The first-order valence-electron chi connectivity index (χ1n) is 5.45. The fourth-order valence-electron chi connectivity index (χ4n) is 1.51. The van der Waals surface area contributed by atoms with E-state index in [9.17, 15) is 9.90 Å². The molecule has 0 heterocycles. The van der Waals surface area contributed by atoms with E-state index in [2.05, 4.69) is 0 Å². The fraction of sp³-hybridized carbons (Fsp3) is 0.0714. The van der Waals surface area contributed by atoms with Crippen LogP contribution >= 0.6 is 23.2 Å². The lowest BCUT2D eigenvalue weighted by Gasteiger charge is -2.10. The van der Waals surface area contributed by atoms with Gasteiger partial charge in [0.05, 0.1) is 16.0 Å². The molecule has 0 amide bonds. The lowest BCUT2D eigenvalue weighted by atomic mass is 10.1. The topological polar surface area (TPSA) is 49.4 Å². The highest BCUT2D eigenvalue weighted by Crippen LogP contribution is 2.32. The van der Waals surface area contributed by atoms with Gasteiger partial charge in [0.15, 0.2) is 5.75 Å².